The Hall–Kier alpha value is -2.72. The van der Waals surface area contributed by atoms with E-state index in [0.717, 1.165) is 0 Å². The highest BCUT2D eigenvalue weighted by molar-refractivity contribution is 5.24. The van der Waals surface area contributed by atoms with Gasteiger partial charge in [-0.1, -0.05) is 55.4 Å². The van der Waals surface area contributed by atoms with Gasteiger partial charge in [0, 0.05) is 24.8 Å². The molecule has 0 aliphatic rings. The van der Waals surface area contributed by atoms with Crippen molar-refractivity contribution >= 4 is 0 Å². The zero-order valence-electron chi connectivity index (χ0n) is 16.4. The third-order valence-electron chi connectivity index (χ3n) is 1.60. The Labute approximate surface area is 148 Å². The lowest BCUT2D eigenvalue weighted by molar-refractivity contribution is 1.30. The van der Waals surface area contributed by atoms with Crippen molar-refractivity contribution in [3.05, 3.63) is 60.2 Å². The van der Waals surface area contributed by atoms with E-state index in [4.69, 9.17) is 10.5 Å². The fraction of sp³-hybridized carbons (Fsp3) is 0.400. The standard InChI is InChI=1S/2C6H4N2.4C2H6/c7-5-6-1-3-8-4-2-6;7-4-6-2-1-3-8-5-6;4*1-2/h1-4H;1-3,5H;4*1-2H3. The molecule has 0 radical (unpaired) electrons. The number of hydrogen-bond acceptors (Lipinski definition) is 4. The molecule has 0 atom stereocenters. The zero-order chi connectivity index (χ0) is 19.6. The lowest BCUT2D eigenvalue weighted by atomic mass is 10.3. The van der Waals surface area contributed by atoms with E-state index >= 15 is 0 Å². The van der Waals surface area contributed by atoms with Crippen LogP contribution in [0.15, 0.2) is 49.1 Å². The van der Waals surface area contributed by atoms with Crippen LogP contribution in [0.2, 0.25) is 0 Å². The lowest BCUT2D eigenvalue weighted by Gasteiger charge is -1.79. The van der Waals surface area contributed by atoms with Gasteiger partial charge in [-0.3, -0.25) is 9.97 Å². The average molecular weight is 329 g/mol. The minimum Gasteiger partial charge on any atom is -0.265 e. The van der Waals surface area contributed by atoms with Crippen molar-refractivity contribution in [3.8, 4) is 12.1 Å². The van der Waals surface area contributed by atoms with Gasteiger partial charge in [0.05, 0.1) is 17.2 Å². The van der Waals surface area contributed by atoms with Gasteiger partial charge in [0.2, 0.25) is 0 Å². The predicted molar refractivity (Wildman–Crippen MR) is 103 cm³/mol. The summed E-state index contributed by atoms with van der Waals surface area (Å²) in [6.07, 6.45) is 6.36. The van der Waals surface area contributed by atoms with Gasteiger partial charge in [0.25, 0.3) is 0 Å². The van der Waals surface area contributed by atoms with Gasteiger partial charge in [-0.05, 0) is 24.3 Å². The second kappa shape index (κ2) is 32.3. The van der Waals surface area contributed by atoms with E-state index < -0.39 is 0 Å². The normalized spacial score (nSPS) is 6.25. The van der Waals surface area contributed by atoms with Crippen LogP contribution in [0.3, 0.4) is 0 Å². The van der Waals surface area contributed by atoms with Crippen molar-refractivity contribution in [1.82, 2.24) is 9.97 Å². The van der Waals surface area contributed by atoms with E-state index in [2.05, 4.69) is 9.97 Å². The van der Waals surface area contributed by atoms with Crippen LogP contribution in [0.1, 0.15) is 66.5 Å². The summed E-state index contributed by atoms with van der Waals surface area (Å²) >= 11 is 0. The molecule has 0 spiro atoms. The first-order valence-electron chi connectivity index (χ1n) is 8.47. The largest absolute Gasteiger partial charge is 0.265 e. The molecule has 132 valence electrons. The van der Waals surface area contributed by atoms with Crippen LogP contribution >= 0.6 is 0 Å². The maximum absolute atomic E-state index is 8.26. The Bertz CT molecular complexity index is 447. The van der Waals surface area contributed by atoms with Crippen molar-refractivity contribution in [1.29, 1.82) is 10.5 Å². The number of nitriles is 2. The van der Waals surface area contributed by atoms with Crippen molar-refractivity contribution in [2.75, 3.05) is 0 Å². The number of nitrogens with zero attached hydrogens (tertiary/aromatic N) is 4. The molecule has 2 aromatic rings. The molecule has 0 unspecified atom stereocenters. The number of rotatable bonds is 0. The molecule has 0 N–H and O–H groups in total. The first-order valence-corrected chi connectivity index (χ1v) is 8.47. The molecule has 24 heavy (non-hydrogen) atoms. The molecule has 0 aliphatic heterocycles. The third-order valence-corrected chi connectivity index (χ3v) is 1.60. The monoisotopic (exact) mass is 328 g/mol. The van der Waals surface area contributed by atoms with Crippen LogP contribution in [0.25, 0.3) is 0 Å². The highest BCUT2D eigenvalue weighted by atomic mass is 14.6. The van der Waals surface area contributed by atoms with E-state index in [9.17, 15) is 0 Å². The van der Waals surface area contributed by atoms with Crippen molar-refractivity contribution in [2.45, 2.75) is 55.4 Å². The summed E-state index contributed by atoms with van der Waals surface area (Å²) in [6, 6.07) is 10.7. The second-order valence-corrected chi connectivity index (χ2v) is 2.70. The summed E-state index contributed by atoms with van der Waals surface area (Å²) in [4.78, 5) is 7.48. The van der Waals surface area contributed by atoms with E-state index in [-0.39, 0.29) is 0 Å². The molecule has 4 nitrogen and oxygen atoms in total. The van der Waals surface area contributed by atoms with Crippen LogP contribution in [0, 0.1) is 22.7 Å². The molecule has 0 bridgehead atoms. The maximum atomic E-state index is 8.26. The topological polar surface area (TPSA) is 73.4 Å². The maximum Gasteiger partial charge on any atom is 0.101 e. The van der Waals surface area contributed by atoms with Gasteiger partial charge >= 0.3 is 0 Å². The molecule has 0 saturated carbocycles. The summed E-state index contributed by atoms with van der Waals surface area (Å²) in [5.74, 6) is 0. The zero-order valence-corrected chi connectivity index (χ0v) is 16.4. The van der Waals surface area contributed by atoms with Gasteiger partial charge < -0.3 is 0 Å². The molecule has 2 aromatic heterocycles. The predicted octanol–water partition coefficient (Wildman–Crippen LogP) is 6.01. The van der Waals surface area contributed by atoms with E-state index in [1.807, 2.05) is 67.5 Å². The summed E-state index contributed by atoms with van der Waals surface area (Å²) in [5.41, 5.74) is 1.26. The van der Waals surface area contributed by atoms with Crippen LogP contribution < -0.4 is 0 Å². The van der Waals surface area contributed by atoms with Gasteiger partial charge in [-0.2, -0.15) is 10.5 Å². The molecule has 4 heteroatoms. The van der Waals surface area contributed by atoms with E-state index in [0.29, 0.717) is 11.1 Å². The molecular formula is C20H32N4. The van der Waals surface area contributed by atoms with Crippen molar-refractivity contribution in [3.63, 3.8) is 0 Å². The van der Waals surface area contributed by atoms with Crippen molar-refractivity contribution in [2.24, 2.45) is 0 Å². The molecule has 0 aromatic carbocycles. The van der Waals surface area contributed by atoms with Gasteiger partial charge in [0.1, 0.15) is 6.07 Å². The van der Waals surface area contributed by atoms with Crippen LogP contribution in [0.5, 0.6) is 0 Å². The van der Waals surface area contributed by atoms with Gasteiger partial charge in [-0.15, -0.1) is 0 Å². The second-order valence-electron chi connectivity index (χ2n) is 2.70. The molecule has 0 amide bonds. The Morgan fingerprint density at radius 1 is 0.625 bits per heavy atom. The first kappa shape index (κ1) is 29.3. The summed E-state index contributed by atoms with van der Waals surface area (Å²) in [7, 11) is 0. The summed E-state index contributed by atoms with van der Waals surface area (Å²) in [5, 5.41) is 16.5. The lowest BCUT2D eigenvalue weighted by Crippen LogP contribution is -1.72. The summed E-state index contributed by atoms with van der Waals surface area (Å²) in [6.45, 7) is 16.0. The number of pyridine rings is 2. The highest BCUT2D eigenvalue weighted by Crippen LogP contribution is 1.90. The number of hydrogen-bond donors (Lipinski definition) is 0. The number of aromatic nitrogens is 2. The molecular weight excluding hydrogens is 296 g/mol. The minimum absolute atomic E-state index is 0.604. The summed E-state index contributed by atoms with van der Waals surface area (Å²) < 4.78 is 0. The molecule has 0 saturated heterocycles. The molecule has 0 fully saturated rings. The van der Waals surface area contributed by atoms with Gasteiger partial charge in [-0.25, -0.2) is 0 Å². The molecule has 0 aliphatic carbocycles. The average Bonchev–Trinajstić information content (AvgIpc) is 2.75. The van der Waals surface area contributed by atoms with Gasteiger partial charge in [0.15, 0.2) is 0 Å². The Kier molecular flexibility index (Phi) is 39.4. The fourth-order valence-electron chi connectivity index (χ4n) is 0.855. The van der Waals surface area contributed by atoms with E-state index in [1.54, 1.807) is 42.9 Å². The first-order chi connectivity index (χ1) is 11.9. The van der Waals surface area contributed by atoms with Crippen LogP contribution in [-0.2, 0) is 0 Å². The third kappa shape index (κ3) is 21.6. The van der Waals surface area contributed by atoms with Crippen LogP contribution in [-0.4, -0.2) is 9.97 Å². The minimum atomic E-state index is 0.604. The van der Waals surface area contributed by atoms with E-state index in [1.165, 1.54) is 6.20 Å². The quantitative estimate of drug-likeness (QED) is 0.593. The van der Waals surface area contributed by atoms with Crippen LogP contribution in [0.4, 0.5) is 0 Å². The molecule has 2 rings (SSSR count). The Morgan fingerprint density at radius 3 is 1.33 bits per heavy atom. The Balaban J connectivity index is -0.000000118. The smallest absolute Gasteiger partial charge is 0.101 e. The fourth-order valence-corrected chi connectivity index (χ4v) is 0.855. The molecule has 2 heterocycles. The Morgan fingerprint density at radius 2 is 1.08 bits per heavy atom. The highest BCUT2D eigenvalue weighted by Gasteiger charge is 1.81. The SMILES string of the molecule is CC.CC.CC.CC.N#Cc1cccnc1.N#Cc1ccncc1. The van der Waals surface area contributed by atoms with Crippen molar-refractivity contribution < 1.29 is 0 Å².